The maximum atomic E-state index is 12.8. The Morgan fingerprint density at radius 3 is 2.64 bits per heavy atom. The third kappa shape index (κ3) is 3.75. The highest BCUT2D eigenvalue weighted by Crippen LogP contribution is 2.27. The molecular weight excluding hydrogens is 336 g/mol. The van der Waals surface area contributed by atoms with Gasteiger partial charge in [0.05, 0.1) is 4.90 Å². The first kappa shape index (κ1) is 17.6. The number of amides is 1. The molecule has 132 valence electrons. The Morgan fingerprint density at radius 2 is 1.92 bits per heavy atom. The smallest absolute Gasteiger partial charge is 0.243 e. The van der Waals surface area contributed by atoms with E-state index in [4.69, 9.17) is 0 Å². The number of aryl methyl sites for hydroxylation is 1. The monoisotopic (exact) mass is 358 g/mol. The van der Waals surface area contributed by atoms with E-state index in [-0.39, 0.29) is 10.8 Å². The SMILES string of the molecule is CCc1cccc(NC(=O)C2CCCN2S(=O)(=O)c2ccccc2)c1. The Morgan fingerprint density at radius 1 is 1.16 bits per heavy atom. The van der Waals surface area contributed by atoms with Gasteiger partial charge in [0.25, 0.3) is 0 Å². The van der Waals surface area contributed by atoms with Crippen LogP contribution in [-0.4, -0.2) is 31.2 Å². The van der Waals surface area contributed by atoms with Gasteiger partial charge in [0.2, 0.25) is 15.9 Å². The number of anilines is 1. The highest BCUT2D eigenvalue weighted by atomic mass is 32.2. The molecule has 1 aliphatic heterocycles. The summed E-state index contributed by atoms with van der Waals surface area (Å²) in [7, 11) is -3.67. The van der Waals surface area contributed by atoms with Crippen molar-refractivity contribution in [3.8, 4) is 0 Å². The molecule has 0 aliphatic carbocycles. The molecule has 1 aliphatic rings. The summed E-state index contributed by atoms with van der Waals surface area (Å²) in [5.74, 6) is -0.273. The summed E-state index contributed by atoms with van der Waals surface area (Å²) in [5.41, 5.74) is 1.83. The summed E-state index contributed by atoms with van der Waals surface area (Å²) in [5, 5.41) is 2.87. The topological polar surface area (TPSA) is 66.5 Å². The largest absolute Gasteiger partial charge is 0.325 e. The van der Waals surface area contributed by atoms with Crippen LogP contribution >= 0.6 is 0 Å². The lowest BCUT2D eigenvalue weighted by atomic mass is 10.1. The summed E-state index contributed by atoms with van der Waals surface area (Å²) in [6.45, 7) is 2.41. The number of carbonyl (C=O) groups excluding carboxylic acids is 1. The van der Waals surface area contributed by atoms with Crippen LogP contribution in [0, 0.1) is 0 Å². The molecule has 1 unspecified atom stereocenters. The van der Waals surface area contributed by atoms with E-state index in [0.29, 0.717) is 25.1 Å². The van der Waals surface area contributed by atoms with E-state index in [9.17, 15) is 13.2 Å². The fraction of sp³-hybridized carbons (Fsp3) is 0.316. The van der Waals surface area contributed by atoms with Crippen LogP contribution in [0.5, 0.6) is 0 Å². The van der Waals surface area contributed by atoms with E-state index >= 15 is 0 Å². The van der Waals surface area contributed by atoms with Crippen molar-refractivity contribution in [2.75, 3.05) is 11.9 Å². The van der Waals surface area contributed by atoms with Gasteiger partial charge in [-0.2, -0.15) is 4.31 Å². The third-order valence-electron chi connectivity index (χ3n) is 4.46. The number of benzene rings is 2. The van der Waals surface area contributed by atoms with E-state index in [0.717, 1.165) is 12.0 Å². The minimum Gasteiger partial charge on any atom is -0.325 e. The van der Waals surface area contributed by atoms with Crippen LogP contribution in [0.1, 0.15) is 25.3 Å². The minimum atomic E-state index is -3.67. The molecule has 0 radical (unpaired) electrons. The van der Waals surface area contributed by atoms with Crippen LogP contribution in [0.3, 0.4) is 0 Å². The number of nitrogens with one attached hydrogen (secondary N) is 1. The van der Waals surface area contributed by atoms with Crippen molar-refractivity contribution in [1.29, 1.82) is 0 Å². The first-order valence-corrected chi connectivity index (χ1v) is 9.93. The molecule has 5 nitrogen and oxygen atoms in total. The Hall–Kier alpha value is -2.18. The van der Waals surface area contributed by atoms with E-state index in [1.807, 2.05) is 31.2 Å². The van der Waals surface area contributed by atoms with Crippen molar-refractivity contribution >= 4 is 21.6 Å². The number of sulfonamides is 1. The molecule has 0 saturated carbocycles. The van der Waals surface area contributed by atoms with Gasteiger partial charge in [0, 0.05) is 12.2 Å². The molecule has 0 aromatic heterocycles. The lowest BCUT2D eigenvalue weighted by Gasteiger charge is -2.23. The van der Waals surface area contributed by atoms with Crippen molar-refractivity contribution in [3.05, 3.63) is 60.2 Å². The number of rotatable bonds is 5. The molecule has 1 saturated heterocycles. The second-order valence-corrected chi connectivity index (χ2v) is 8.02. The van der Waals surface area contributed by atoms with Gasteiger partial charge in [0.15, 0.2) is 0 Å². The molecule has 0 spiro atoms. The fourth-order valence-corrected chi connectivity index (χ4v) is 4.79. The molecule has 2 aromatic carbocycles. The van der Waals surface area contributed by atoms with Gasteiger partial charge >= 0.3 is 0 Å². The summed E-state index contributed by atoms with van der Waals surface area (Å²) in [4.78, 5) is 12.9. The van der Waals surface area contributed by atoms with Gasteiger partial charge < -0.3 is 5.32 Å². The predicted molar refractivity (Wildman–Crippen MR) is 97.8 cm³/mol. The molecule has 3 rings (SSSR count). The molecule has 2 aromatic rings. The number of carbonyl (C=O) groups is 1. The quantitative estimate of drug-likeness (QED) is 0.893. The molecule has 0 bridgehead atoms. The first-order chi connectivity index (χ1) is 12.0. The fourth-order valence-electron chi connectivity index (χ4n) is 3.11. The predicted octanol–water partition coefficient (Wildman–Crippen LogP) is 3.04. The zero-order valence-electron chi connectivity index (χ0n) is 14.2. The molecule has 25 heavy (non-hydrogen) atoms. The highest BCUT2D eigenvalue weighted by Gasteiger charge is 2.39. The normalized spacial score (nSPS) is 18.2. The molecule has 1 heterocycles. The second kappa shape index (κ2) is 7.37. The van der Waals surface area contributed by atoms with Crippen molar-refractivity contribution in [1.82, 2.24) is 4.31 Å². The van der Waals surface area contributed by atoms with Gasteiger partial charge in [-0.15, -0.1) is 0 Å². The van der Waals surface area contributed by atoms with Crippen molar-refractivity contribution in [3.63, 3.8) is 0 Å². The van der Waals surface area contributed by atoms with E-state index in [2.05, 4.69) is 5.32 Å². The van der Waals surface area contributed by atoms with Crippen molar-refractivity contribution < 1.29 is 13.2 Å². The van der Waals surface area contributed by atoms with E-state index in [1.54, 1.807) is 30.3 Å². The van der Waals surface area contributed by atoms with Gasteiger partial charge in [-0.3, -0.25) is 4.79 Å². The Bertz CT molecular complexity index is 850. The lowest BCUT2D eigenvalue weighted by molar-refractivity contribution is -0.119. The van der Waals surface area contributed by atoms with Crippen molar-refractivity contribution in [2.24, 2.45) is 0 Å². The highest BCUT2D eigenvalue weighted by molar-refractivity contribution is 7.89. The standard InChI is InChI=1S/C19H22N2O3S/c1-2-15-8-6-9-16(14-15)20-19(22)18-12-7-13-21(18)25(23,24)17-10-4-3-5-11-17/h3-6,8-11,14,18H,2,7,12-13H2,1H3,(H,20,22). The van der Waals surface area contributed by atoms with Gasteiger partial charge in [-0.1, -0.05) is 37.3 Å². The molecular formula is C19H22N2O3S. The summed E-state index contributed by atoms with van der Waals surface area (Å²) in [6.07, 6.45) is 2.09. The van der Waals surface area contributed by atoms with Crippen molar-refractivity contribution in [2.45, 2.75) is 37.1 Å². The molecule has 1 N–H and O–H groups in total. The van der Waals surface area contributed by atoms with Crippen LogP contribution < -0.4 is 5.32 Å². The third-order valence-corrected chi connectivity index (χ3v) is 6.38. The zero-order chi connectivity index (χ0) is 17.9. The van der Waals surface area contributed by atoms with Gasteiger partial charge in [-0.05, 0) is 49.1 Å². The lowest BCUT2D eigenvalue weighted by Crippen LogP contribution is -2.43. The van der Waals surface area contributed by atoms with E-state index in [1.165, 1.54) is 4.31 Å². The molecule has 1 fully saturated rings. The molecule has 1 atom stereocenters. The Labute approximate surface area is 148 Å². The second-order valence-electron chi connectivity index (χ2n) is 6.13. The average molecular weight is 358 g/mol. The number of hydrogen-bond donors (Lipinski definition) is 1. The summed E-state index contributed by atoms with van der Waals surface area (Å²) in [6, 6.07) is 15.2. The van der Waals surface area contributed by atoms with Crippen LogP contribution in [0.4, 0.5) is 5.69 Å². The number of nitrogens with zero attached hydrogens (tertiary/aromatic N) is 1. The van der Waals surface area contributed by atoms with Gasteiger partial charge in [0.1, 0.15) is 6.04 Å². The minimum absolute atomic E-state index is 0.225. The summed E-state index contributed by atoms with van der Waals surface area (Å²) < 4.78 is 27.0. The Kier molecular flexibility index (Phi) is 5.20. The zero-order valence-corrected chi connectivity index (χ0v) is 15.0. The first-order valence-electron chi connectivity index (χ1n) is 8.49. The van der Waals surface area contributed by atoms with Crippen LogP contribution in [-0.2, 0) is 21.2 Å². The Balaban J connectivity index is 1.80. The maximum absolute atomic E-state index is 12.8. The average Bonchev–Trinajstić information content (AvgIpc) is 3.13. The van der Waals surface area contributed by atoms with E-state index < -0.39 is 16.1 Å². The van der Waals surface area contributed by atoms with Crippen LogP contribution in [0.15, 0.2) is 59.5 Å². The molecule has 1 amide bonds. The van der Waals surface area contributed by atoms with Crippen LogP contribution in [0.25, 0.3) is 0 Å². The van der Waals surface area contributed by atoms with Crippen LogP contribution in [0.2, 0.25) is 0 Å². The summed E-state index contributed by atoms with van der Waals surface area (Å²) >= 11 is 0. The maximum Gasteiger partial charge on any atom is 0.243 e. The number of hydrogen-bond acceptors (Lipinski definition) is 3. The molecule has 6 heteroatoms. The van der Waals surface area contributed by atoms with Gasteiger partial charge in [-0.25, -0.2) is 8.42 Å².